The van der Waals surface area contributed by atoms with Crippen molar-refractivity contribution in [3.63, 3.8) is 0 Å². The lowest BCUT2D eigenvalue weighted by molar-refractivity contribution is 0.100. The average molecular weight is 212 g/mol. The number of carbonyl (C=O) groups is 1. The van der Waals surface area contributed by atoms with Gasteiger partial charge in [-0.05, 0) is 31.2 Å². The predicted octanol–water partition coefficient (Wildman–Crippen LogP) is 2.16. The first-order valence-electron chi connectivity index (χ1n) is 5.01. The number of pyridine rings is 1. The molecule has 1 aromatic carbocycles. The number of nitrogens with zero attached hydrogens (tertiary/aromatic N) is 1. The van der Waals surface area contributed by atoms with Crippen LogP contribution in [-0.2, 0) is 0 Å². The molecule has 2 rings (SSSR count). The Morgan fingerprint density at radius 1 is 1.19 bits per heavy atom. The van der Waals surface area contributed by atoms with Gasteiger partial charge in [-0.25, -0.2) is 0 Å². The fourth-order valence-corrected chi connectivity index (χ4v) is 1.54. The number of carbonyl (C=O) groups excluding carboxylic acids is 1. The standard InChI is InChI=1S/C13H12N2O/c1-9-4-2-7-12(15-9)10-5-3-6-11(8-10)13(14)16/h2-8H,1H3,(H2,14,16). The van der Waals surface area contributed by atoms with Crippen LogP contribution >= 0.6 is 0 Å². The number of aromatic nitrogens is 1. The number of hydrogen-bond donors (Lipinski definition) is 1. The van der Waals surface area contributed by atoms with E-state index in [-0.39, 0.29) is 0 Å². The van der Waals surface area contributed by atoms with Gasteiger partial charge in [0.25, 0.3) is 0 Å². The van der Waals surface area contributed by atoms with Crippen molar-refractivity contribution in [1.29, 1.82) is 0 Å². The monoisotopic (exact) mass is 212 g/mol. The van der Waals surface area contributed by atoms with Crippen molar-refractivity contribution in [3.8, 4) is 11.3 Å². The number of amides is 1. The van der Waals surface area contributed by atoms with Crippen LogP contribution in [0.15, 0.2) is 42.5 Å². The summed E-state index contributed by atoms with van der Waals surface area (Å²) in [6, 6.07) is 12.9. The van der Waals surface area contributed by atoms with Gasteiger partial charge >= 0.3 is 0 Å². The number of benzene rings is 1. The van der Waals surface area contributed by atoms with Crippen molar-refractivity contribution >= 4 is 5.91 Å². The van der Waals surface area contributed by atoms with E-state index in [4.69, 9.17) is 5.73 Å². The van der Waals surface area contributed by atoms with Gasteiger partial charge in [-0.2, -0.15) is 0 Å². The van der Waals surface area contributed by atoms with Crippen LogP contribution in [-0.4, -0.2) is 10.9 Å². The molecule has 0 aliphatic rings. The second kappa shape index (κ2) is 4.14. The molecule has 0 spiro atoms. The van der Waals surface area contributed by atoms with Gasteiger partial charge < -0.3 is 5.73 Å². The van der Waals surface area contributed by atoms with E-state index in [1.165, 1.54) is 0 Å². The Hall–Kier alpha value is -2.16. The molecule has 3 heteroatoms. The van der Waals surface area contributed by atoms with Crippen LogP contribution < -0.4 is 5.73 Å². The van der Waals surface area contributed by atoms with Crippen LogP contribution in [0, 0.1) is 6.92 Å². The average Bonchev–Trinajstić information content (AvgIpc) is 2.29. The molecule has 16 heavy (non-hydrogen) atoms. The minimum atomic E-state index is -0.422. The minimum Gasteiger partial charge on any atom is -0.366 e. The van der Waals surface area contributed by atoms with E-state index in [0.717, 1.165) is 17.0 Å². The Bertz CT molecular complexity index is 535. The molecule has 2 N–H and O–H groups in total. The van der Waals surface area contributed by atoms with Gasteiger partial charge in [0.2, 0.25) is 5.91 Å². The van der Waals surface area contributed by atoms with E-state index in [1.54, 1.807) is 18.2 Å². The molecule has 1 amide bonds. The van der Waals surface area contributed by atoms with Gasteiger partial charge in [0.1, 0.15) is 0 Å². The van der Waals surface area contributed by atoms with Crippen LogP contribution in [0.3, 0.4) is 0 Å². The largest absolute Gasteiger partial charge is 0.366 e. The van der Waals surface area contributed by atoms with E-state index in [2.05, 4.69) is 4.98 Å². The summed E-state index contributed by atoms with van der Waals surface area (Å²) in [7, 11) is 0. The van der Waals surface area contributed by atoms with E-state index in [1.807, 2.05) is 31.2 Å². The first-order valence-corrected chi connectivity index (χ1v) is 5.01. The molecule has 0 bridgehead atoms. The quantitative estimate of drug-likeness (QED) is 0.829. The lowest BCUT2D eigenvalue weighted by Gasteiger charge is -2.03. The van der Waals surface area contributed by atoms with Gasteiger partial charge in [-0.1, -0.05) is 18.2 Å². The van der Waals surface area contributed by atoms with Crippen molar-refractivity contribution in [1.82, 2.24) is 4.98 Å². The maximum Gasteiger partial charge on any atom is 0.248 e. The zero-order chi connectivity index (χ0) is 11.5. The summed E-state index contributed by atoms with van der Waals surface area (Å²) < 4.78 is 0. The van der Waals surface area contributed by atoms with E-state index < -0.39 is 5.91 Å². The van der Waals surface area contributed by atoms with Crippen LogP contribution in [0.4, 0.5) is 0 Å². The van der Waals surface area contributed by atoms with Crippen molar-refractivity contribution in [2.45, 2.75) is 6.92 Å². The summed E-state index contributed by atoms with van der Waals surface area (Å²) in [5.74, 6) is -0.422. The summed E-state index contributed by atoms with van der Waals surface area (Å²) in [6.45, 7) is 1.93. The Labute approximate surface area is 93.9 Å². The molecule has 2 aromatic rings. The van der Waals surface area contributed by atoms with Gasteiger partial charge in [-0.3, -0.25) is 9.78 Å². The Kier molecular flexibility index (Phi) is 2.68. The Balaban J connectivity index is 2.48. The molecule has 0 fully saturated rings. The highest BCUT2D eigenvalue weighted by atomic mass is 16.1. The van der Waals surface area contributed by atoms with Crippen LogP contribution in [0.25, 0.3) is 11.3 Å². The maximum absolute atomic E-state index is 11.1. The summed E-state index contributed by atoms with van der Waals surface area (Å²) in [6.07, 6.45) is 0. The molecule has 1 aromatic heterocycles. The highest BCUT2D eigenvalue weighted by molar-refractivity contribution is 5.93. The van der Waals surface area contributed by atoms with Crippen LogP contribution in [0.1, 0.15) is 16.1 Å². The van der Waals surface area contributed by atoms with E-state index in [0.29, 0.717) is 5.56 Å². The number of hydrogen-bond acceptors (Lipinski definition) is 2. The third-order valence-corrected chi connectivity index (χ3v) is 2.33. The Morgan fingerprint density at radius 2 is 1.94 bits per heavy atom. The van der Waals surface area contributed by atoms with Crippen molar-refractivity contribution in [2.75, 3.05) is 0 Å². The summed E-state index contributed by atoms with van der Waals surface area (Å²) >= 11 is 0. The Morgan fingerprint density at radius 3 is 2.62 bits per heavy atom. The first-order chi connectivity index (χ1) is 7.66. The van der Waals surface area contributed by atoms with Gasteiger partial charge in [0, 0.05) is 16.8 Å². The fraction of sp³-hybridized carbons (Fsp3) is 0.0769. The molecular formula is C13H12N2O. The SMILES string of the molecule is Cc1cccc(-c2cccc(C(N)=O)c2)n1. The predicted molar refractivity (Wildman–Crippen MR) is 62.9 cm³/mol. The first kappa shape index (κ1) is 10.4. The van der Waals surface area contributed by atoms with Gasteiger partial charge in [0.05, 0.1) is 5.69 Å². The fourth-order valence-electron chi connectivity index (χ4n) is 1.54. The molecular weight excluding hydrogens is 200 g/mol. The van der Waals surface area contributed by atoms with Crippen molar-refractivity contribution < 1.29 is 4.79 Å². The molecule has 80 valence electrons. The summed E-state index contributed by atoms with van der Waals surface area (Å²) in [4.78, 5) is 15.4. The highest BCUT2D eigenvalue weighted by Gasteiger charge is 2.03. The van der Waals surface area contributed by atoms with Gasteiger partial charge in [0.15, 0.2) is 0 Å². The molecule has 0 atom stereocenters. The number of rotatable bonds is 2. The molecule has 3 nitrogen and oxygen atoms in total. The highest BCUT2D eigenvalue weighted by Crippen LogP contribution is 2.18. The number of primary amides is 1. The normalized spacial score (nSPS) is 10.1. The second-order valence-corrected chi connectivity index (χ2v) is 3.61. The summed E-state index contributed by atoms with van der Waals surface area (Å²) in [5, 5.41) is 0. The van der Waals surface area contributed by atoms with E-state index in [9.17, 15) is 4.79 Å². The maximum atomic E-state index is 11.1. The molecule has 0 aliphatic heterocycles. The number of nitrogens with two attached hydrogens (primary N) is 1. The summed E-state index contributed by atoms with van der Waals surface area (Å²) in [5.41, 5.74) is 8.43. The van der Waals surface area contributed by atoms with E-state index >= 15 is 0 Å². The lowest BCUT2D eigenvalue weighted by Crippen LogP contribution is -2.10. The zero-order valence-electron chi connectivity index (χ0n) is 8.97. The van der Waals surface area contributed by atoms with Crippen molar-refractivity contribution in [2.24, 2.45) is 5.73 Å². The van der Waals surface area contributed by atoms with Gasteiger partial charge in [-0.15, -0.1) is 0 Å². The van der Waals surface area contributed by atoms with Crippen molar-refractivity contribution in [3.05, 3.63) is 53.7 Å². The number of aryl methyl sites for hydroxylation is 1. The third kappa shape index (κ3) is 2.08. The molecule has 0 aliphatic carbocycles. The molecule has 0 saturated carbocycles. The molecule has 0 unspecified atom stereocenters. The minimum absolute atomic E-state index is 0.422. The molecule has 0 saturated heterocycles. The lowest BCUT2D eigenvalue weighted by atomic mass is 10.1. The van der Waals surface area contributed by atoms with Crippen LogP contribution in [0.2, 0.25) is 0 Å². The molecule has 1 heterocycles. The topological polar surface area (TPSA) is 56.0 Å². The smallest absolute Gasteiger partial charge is 0.248 e. The zero-order valence-corrected chi connectivity index (χ0v) is 8.97. The second-order valence-electron chi connectivity index (χ2n) is 3.61. The van der Waals surface area contributed by atoms with Crippen LogP contribution in [0.5, 0.6) is 0 Å². The third-order valence-electron chi connectivity index (χ3n) is 2.33. The molecule has 0 radical (unpaired) electrons.